The van der Waals surface area contributed by atoms with Gasteiger partial charge in [-0.05, 0) is 18.2 Å². The van der Waals surface area contributed by atoms with Crippen LogP contribution < -0.4 is 4.72 Å². The van der Waals surface area contributed by atoms with E-state index in [1.165, 1.54) is 17.1 Å². The highest BCUT2D eigenvalue weighted by Gasteiger charge is 2.15. The molecule has 1 N–H and O–H groups in total. The van der Waals surface area contributed by atoms with Crippen molar-refractivity contribution >= 4 is 15.7 Å². The summed E-state index contributed by atoms with van der Waals surface area (Å²) in [5.41, 5.74) is 1.04. The van der Waals surface area contributed by atoms with Crippen molar-refractivity contribution in [1.29, 1.82) is 0 Å². The monoisotopic (exact) mass is 261 g/mol. The van der Waals surface area contributed by atoms with Gasteiger partial charge in [-0.15, -0.1) is 6.42 Å². The number of aryl methyl sites for hydroxylation is 1. The zero-order chi connectivity index (χ0) is 13.2. The van der Waals surface area contributed by atoms with E-state index in [2.05, 4.69) is 15.7 Å². The second-order valence-corrected chi connectivity index (χ2v) is 5.36. The van der Waals surface area contributed by atoms with Crippen molar-refractivity contribution in [2.24, 2.45) is 7.05 Å². The molecule has 0 unspecified atom stereocenters. The van der Waals surface area contributed by atoms with Gasteiger partial charge in [-0.3, -0.25) is 9.40 Å². The minimum atomic E-state index is -3.62. The Balaban J connectivity index is 2.31. The van der Waals surface area contributed by atoms with Crippen LogP contribution in [-0.2, 0) is 17.1 Å². The summed E-state index contributed by atoms with van der Waals surface area (Å²) in [5.74, 6) is 2.45. The lowest BCUT2D eigenvalue weighted by Crippen LogP contribution is -2.12. The van der Waals surface area contributed by atoms with E-state index in [0.29, 0.717) is 11.3 Å². The summed E-state index contributed by atoms with van der Waals surface area (Å²) < 4.78 is 27.9. The van der Waals surface area contributed by atoms with E-state index in [0.717, 1.165) is 0 Å². The first-order valence-corrected chi connectivity index (χ1v) is 6.58. The molecule has 0 aliphatic carbocycles. The molecule has 6 heteroatoms. The average Bonchev–Trinajstić information content (AvgIpc) is 2.76. The molecule has 2 aromatic rings. The van der Waals surface area contributed by atoms with Crippen LogP contribution in [0.25, 0.3) is 0 Å². The number of hydrogen-bond acceptors (Lipinski definition) is 3. The summed E-state index contributed by atoms with van der Waals surface area (Å²) in [4.78, 5) is 0.108. The van der Waals surface area contributed by atoms with E-state index in [9.17, 15) is 8.42 Å². The zero-order valence-corrected chi connectivity index (χ0v) is 10.5. The molecule has 0 saturated carbocycles. The van der Waals surface area contributed by atoms with Gasteiger partial charge < -0.3 is 0 Å². The quantitative estimate of drug-likeness (QED) is 0.844. The number of terminal acetylenes is 1. The average molecular weight is 261 g/mol. The van der Waals surface area contributed by atoms with E-state index >= 15 is 0 Å². The number of benzene rings is 1. The third-order valence-corrected chi connectivity index (χ3v) is 3.61. The first kappa shape index (κ1) is 12.2. The van der Waals surface area contributed by atoms with Crippen molar-refractivity contribution in [3.63, 3.8) is 0 Å². The molecule has 0 bridgehead atoms. The van der Waals surface area contributed by atoms with E-state index < -0.39 is 10.0 Å². The van der Waals surface area contributed by atoms with Gasteiger partial charge in [-0.25, -0.2) is 8.42 Å². The number of anilines is 1. The molecule has 0 saturated heterocycles. The van der Waals surface area contributed by atoms with Crippen LogP contribution in [0.5, 0.6) is 0 Å². The molecule has 0 fully saturated rings. The van der Waals surface area contributed by atoms with E-state index in [4.69, 9.17) is 6.42 Å². The van der Waals surface area contributed by atoms with E-state index in [-0.39, 0.29) is 4.90 Å². The van der Waals surface area contributed by atoms with Crippen LogP contribution in [0.1, 0.15) is 5.56 Å². The lowest BCUT2D eigenvalue weighted by Gasteiger charge is -2.06. The summed E-state index contributed by atoms with van der Waals surface area (Å²) in [7, 11) is -1.97. The molecule has 0 spiro atoms. The second kappa shape index (κ2) is 4.55. The first-order chi connectivity index (χ1) is 8.51. The number of nitrogens with one attached hydrogen (secondary N) is 1. The van der Waals surface area contributed by atoms with Crippen molar-refractivity contribution in [3.05, 3.63) is 42.2 Å². The molecule has 0 aliphatic rings. The van der Waals surface area contributed by atoms with Crippen LogP contribution in [0.3, 0.4) is 0 Å². The summed E-state index contributed by atoms with van der Waals surface area (Å²) >= 11 is 0. The van der Waals surface area contributed by atoms with E-state index in [1.54, 1.807) is 31.3 Å². The highest BCUT2D eigenvalue weighted by atomic mass is 32.2. The van der Waals surface area contributed by atoms with Crippen molar-refractivity contribution in [2.45, 2.75) is 4.90 Å². The fourth-order valence-corrected chi connectivity index (χ4v) is 2.46. The lowest BCUT2D eigenvalue weighted by atomic mass is 10.2. The normalized spacial score (nSPS) is 10.9. The molecule has 0 radical (unpaired) electrons. The largest absolute Gasteiger partial charge is 0.279 e. The van der Waals surface area contributed by atoms with Crippen molar-refractivity contribution in [2.75, 3.05) is 4.72 Å². The summed E-state index contributed by atoms with van der Waals surface area (Å²) in [5, 5.41) is 3.82. The highest BCUT2D eigenvalue weighted by Crippen LogP contribution is 2.16. The molecule has 2 rings (SSSR count). The van der Waals surface area contributed by atoms with Gasteiger partial charge in [0.2, 0.25) is 0 Å². The van der Waals surface area contributed by atoms with Gasteiger partial charge in [0.15, 0.2) is 0 Å². The van der Waals surface area contributed by atoms with Crippen molar-refractivity contribution < 1.29 is 8.42 Å². The molecule has 1 aromatic carbocycles. The van der Waals surface area contributed by atoms with Gasteiger partial charge in [0.1, 0.15) is 4.90 Å². The van der Waals surface area contributed by atoms with Crippen LogP contribution in [0.15, 0.2) is 41.6 Å². The molecule has 18 heavy (non-hydrogen) atoms. The minimum Gasteiger partial charge on any atom is -0.279 e. The van der Waals surface area contributed by atoms with Gasteiger partial charge in [0.05, 0.1) is 11.9 Å². The third-order valence-electron chi connectivity index (χ3n) is 2.27. The zero-order valence-electron chi connectivity index (χ0n) is 9.66. The minimum absolute atomic E-state index is 0.108. The van der Waals surface area contributed by atoms with Crippen LogP contribution in [-0.4, -0.2) is 18.2 Å². The summed E-state index contributed by atoms with van der Waals surface area (Å²) in [6.45, 7) is 0. The van der Waals surface area contributed by atoms with Crippen LogP contribution in [0, 0.1) is 12.3 Å². The Kier molecular flexibility index (Phi) is 3.08. The molecule has 0 atom stereocenters. The standard InChI is InChI=1S/C12H11N3O2S/c1-3-10-5-4-6-11(7-10)14-18(16,17)12-8-13-15(2)9-12/h1,4-9,14H,2H3. The Morgan fingerprint density at radius 1 is 1.44 bits per heavy atom. The molecule has 1 aromatic heterocycles. The lowest BCUT2D eigenvalue weighted by molar-refractivity contribution is 0.601. The van der Waals surface area contributed by atoms with E-state index in [1.807, 2.05) is 0 Å². The Labute approximate surface area is 106 Å². The highest BCUT2D eigenvalue weighted by molar-refractivity contribution is 7.92. The third kappa shape index (κ3) is 2.52. The predicted molar refractivity (Wildman–Crippen MR) is 68.4 cm³/mol. The molecule has 1 heterocycles. The summed E-state index contributed by atoms with van der Waals surface area (Å²) in [6.07, 6.45) is 7.97. The maximum absolute atomic E-state index is 12.0. The predicted octanol–water partition coefficient (Wildman–Crippen LogP) is 1.20. The Bertz CT molecular complexity index is 711. The van der Waals surface area contributed by atoms with Gasteiger partial charge in [-0.2, -0.15) is 5.10 Å². The van der Waals surface area contributed by atoms with Crippen molar-refractivity contribution in [1.82, 2.24) is 9.78 Å². The fourth-order valence-electron chi connectivity index (χ4n) is 1.42. The van der Waals surface area contributed by atoms with Crippen LogP contribution >= 0.6 is 0 Å². The molecule has 0 aliphatic heterocycles. The number of rotatable bonds is 3. The Hall–Kier alpha value is -2.26. The van der Waals surface area contributed by atoms with Gasteiger partial charge in [0.25, 0.3) is 10.0 Å². The molecule has 5 nitrogen and oxygen atoms in total. The topological polar surface area (TPSA) is 64.0 Å². The van der Waals surface area contributed by atoms with Gasteiger partial charge in [0, 0.05) is 18.8 Å². The summed E-state index contributed by atoms with van der Waals surface area (Å²) in [6, 6.07) is 6.64. The SMILES string of the molecule is C#Cc1cccc(NS(=O)(=O)c2cnn(C)c2)c1. The first-order valence-electron chi connectivity index (χ1n) is 5.09. The molecular formula is C12H11N3O2S. The number of aromatic nitrogens is 2. The fraction of sp³-hybridized carbons (Fsp3) is 0.0833. The Morgan fingerprint density at radius 3 is 2.83 bits per heavy atom. The van der Waals surface area contributed by atoms with Gasteiger partial charge >= 0.3 is 0 Å². The maximum Gasteiger partial charge on any atom is 0.265 e. The molecule has 92 valence electrons. The maximum atomic E-state index is 12.0. The second-order valence-electron chi connectivity index (χ2n) is 3.68. The number of nitrogens with zero attached hydrogens (tertiary/aromatic N) is 2. The van der Waals surface area contributed by atoms with Gasteiger partial charge in [-0.1, -0.05) is 12.0 Å². The van der Waals surface area contributed by atoms with Crippen molar-refractivity contribution in [3.8, 4) is 12.3 Å². The number of sulfonamides is 1. The molecular weight excluding hydrogens is 250 g/mol. The molecule has 0 amide bonds. The smallest absolute Gasteiger partial charge is 0.265 e. The number of hydrogen-bond donors (Lipinski definition) is 1. The Morgan fingerprint density at radius 2 is 2.22 bits per heavy atom. The van der Waals surface area contributed by atoms with Crippen LogP contribution in [0.2, 0.25) is 0 Å². The van der Waals surface area contributed by atoms with Crippen LogP contribution in [0.4, 0.5) is 5.69 Å².